The number of hydrogen-bond acceptors (Lipinski definition) is 8. The number of benzene rings is 3. The van der Waals surface area contributed by atoms with Gasteiger partial charge in [-0.1, -0.05) is 0 Å². The minimum Gasteiger partial charge on any atom is -0.497 e. The van der Waals surface area contributed by atoms with Crippen LogP contribution in [-0.4, -0.2) is 45.0 Å². The zero-order valence-corrected chi connectivity index (χ0v) is 20.4. The number of esters is 1. The van der Waals surface area contributed by atoms with Crippen LogP contribution in [0.4, 0.5) is 0 Å². The fourth-order valence-electron chi connectivity index (χ4n) is 3.00. The van der Waals surface area contributed by atoms with Crippen LogP contribution in [0, 0.1) is 0 Å². The number of methoxy groups -OCH3 is 1. The molecule has 0 spiro atoms. The third-order valence-corrected chi connectivity index (χ3v) is 4.70. The van der Waals surface area contributed by atoms with Gasteiger partial charge in [0.1, 0.15) is 17.2 Å². The van der Waals surface area contributed by atoms with Crippen LogP contribution in [0.2, 0.25) is 0 Å². The first-order valence-corrected chi connectivity index (χ1v) is 11.3. The standard InChI is InChI=1S/C27H28N2O7/c1-4-33-22-9-7-20(8-10-22)27(31)36-24-15-6-19(16-25(24)34-5-2)17-28-29-26(30)18-35-23-13-11-21(32-3)12-14-23/h6-17H,4-5,18H2,1-3H3,(H,29,30)/b28-17-. The number of nitrogens with zero attached hydrogens (tertiary/aromatic N) is 1. The van der Waals surface area contributed by atoms with E-state index >= 15 is 0 Å². The maximum Gasteiger partial charge on any atom is 0.343 e. The molecule has 9 heteroatoms. The van der Waals surface area contributed by atoms with Crippen LogP contribution in [0.5, 0.6) is 28.7 Å². The van der Waals surface area contributed by atoms with Crippen molar-refractivity contribution >= 4 is 18.1 Å². The summed E-state index contributed by atoms with van der Waals surface area (Å²) in [6, 6.07) is 18.5. The van der Waals surface area contributed by atoms with Crippen LogP contribution in [0.1, 0.15) is 29.8 Å². The van der Waals surface area contributed by atoms with E-state index in [0.29, 0.717) is 47.3 Å². The number of rotatable bonds is 12. The summed E-state index contributed by atoms with van der Waals surface area (Å²) in [5, 5.41) is 3.94. The van der Waals surface area contributed by atoms with Crippen molar-refractivity contribution in [2.75, 3.05) is 26.9 Å². The SMILES string of the molecule is CCOc1ccc(C(=O)Oc2ccc(/C=N\NC(=O)COc3ccc(OC)cc3)cc2OCC)cc1. The fraction of sp³-hybridized carbons (Fsp3) is 0.222. The summed E-state index contributed by atoms with van der Waals surface area (Å²) >= 11 is 0. The summed E-state index contributed by atoms with van der Waals surface area (Å²) < 4.78 is 27.0. The average molecular weight is 493 g/mol. The molecule has 0 aliphatic carbocycles. The molecule has 0 saturated carbocycles. The van der Waals surface area contributed by atoms with Crippen LogP contribution in [0.15, 0.2) is 71.8 Å². The van der Waals surface area contributed by atoms with E-state index in [9.17, 15) is 9.59 Å². The summed E-state index contributed by atoms with van der Waals surface area (Å²) in [6.45, 7) is 4.42. The van der Waals surface area contributed by atoms with E-state index in [0.717, 1.165) is 0 Å². The molecule has 3 rings (SSSR count). The molecule has 0 atom stereocenters. The first-order chi connectivity index (χ1) is 17.5. The molecule has 0 heterocycles. The molecule has 1 N–H and O–H groups in total. The molecule has 0 saturated heterocycles. The number of hydrazone groups is 1. The molecule has 9 nitrogen and oxygen atoms in total. The topological polar surface area (TPSA) is 105 Å². The molecule has 0 radical (unpaired) electrons. The highest BCUT2D eigenvalue weighted by molar-refractivity contribution is 5.92. The number of carbonyl (C=O) groups excluding carboxylic acids is 2. The number of carbonyl (C=O) groups is 2. The van der Waals surface area contributed by atoms with Crippen molar-refractivity contribution in [1.29, 1.82) is 0 Å². The highest BCUT2D eigenvalue weighted by Gasteiger charge is 2.13. The Kier molecular flexibility index (Phi) is 9.69. The molecule has 0 aromatic heterocycles. The average Bonchev–Trinajstić information content (AvgIpc) is 2.90. The summed E-state index contributed by atoms with van der Waals surface area (Å²) in [7, 11) is 1.57. The first kappa shape index (κ1) is 26.1. The number of nitrogens with one attached hydrogen (secondary N) is 1. The van der Waals surface area contributed by atoms with Gasteiger partial charge in [-0.25, -0.2) is 10.2 Å². The van der Waals surface area contributed by atoms with Gasteiger partial charge in [-0.3, -0.25) is 4.79 Å². The Labute approximate surface area is 209 Å². The molecule has 0 fully saturated rings. The summed E-state index contributed by atoms with van der Waals surface area (Å²) in [5.74, 6) is 1.59. The van der Waals surface area contributed by atoms with Gasteiger partial charge in [0.25, 0.3) is 5.91 Å². The Balaban J connectivity index is 1.57. The summed E-state index contributed by atoms with van der Waals surface area (Å²) in [5.41, 5.74) is 3.42. The van der Waals surface area contributed by atoms with Crippen molar-refractivity contribution in [2.24, 2.45) is 5.10 Å². The molecule has 3 aromatic carbocycles. The lowest BCUT2D eigenvalue weighted by Gasteiger charge is -2.11. The minimum absolute atomic E-state index is 0.200. The Morgan fingerprint density at radius 2 is 1.44 bits per heavy atom. The lowest BCUT2D eigenvalue weighted by atomic mass is 10.2. The van der Waals surface area contributed by atoms with Gasteiger partial charge in [-0.15, -0.1) is 0 Å². The van der Waals surface area contributed by atoms with Crippen molar-refractivity contribution in [3.63, 3.8) is 0 Å². The van der Waals surface area contributed by atoms with Gasteiger partial charge in [0.2, 0.25) is 0 Å². The molecule has 3 aromatic rings. The first-order valence-electron chi connectivity index (χ1n) is 11.3. The van der Waals surface area contributed by atoms with E-state index < -0.39 is 11.9 Å². The predicted molar refractivity (Wildman–Crippen MR) is 134 cm³/mol. The van der Waals surface area contributed by atoms with Gasteiger partial charge in [0, 0.05) is 0 Å². The lowest BCUT2D eigenvalue weighted by molar-refractivity contribution is -0.123. The predicted octanol–water partition coefficient (Wildman–Crippen LogP) is 4.24. The molecule has 0 aliphatic heterocycles. The van der Waals surface area contributed by atoms with Crippen LogP contribution in [0.3, 0.4) is 0 Å². The Hall–Kier alpha value is -4.53. The summed E-state index contributed by atoms with van der Waals surface area (Å²) in [6.07, 6.45) is 1.45. The normalized spacial score (nSPS) is 10.5. The van der Waals surface area contributed by atoms with Gasteiger partial charge in [-0.05, 0) is 86.1 Å². The molecule has 36 heavy (non-hydrogen) atoms. The van der Waals surface area contributed by atoms with Gasteiger partial charge in [0.15, 0.2) is 18.1 Å². The molecule has 0 aliphatic rings. The van der Waals surface area contributed by atoms with E-state index in [-0.39, 0.29) is 12.4 Å². The quantitative estimate of drug-likeness (QED) is 0.175. The molecule has 0 unspecified atom stereocenters. The zero-order valence-electron chi connectivity index (χ0n) is 20.4. The van der Waals surface area contributed by atoms with Gasteiger partial charge in [0.05, 0.1) is 32.1 Å². The zero-order chi connectivity index (χ0) is 25.8. The molecule has 1 amide bonds. The van der Waals surface area contributed by atoms with Crippen molar-refractivity contribution < 1.29 is 33.3 Å². The van der Waals surface area contributed by atoms with E-state index in [2.05, 4.69) is 10.5 Å². The number of hydrogen-bond donors (Lipinski definition) is 1. The lowest BCUT2D eigenvalue weighted by Crippen LogP contribution is -2.24. The van der Waals surface area contributed by atoms with Crippen molar-refractivity contribution in [1.82, 2.24) is 5.43 Å². The number of ether oxygens (including phenoxy) is 5. The van der Waals surface area contributed by atoms with Gasteiger partial charge >= 0.3 is 5.97 Å². The van der Waals surface area contributed by atoms with Crippen LogP contribution < -0.4 is 29.1 Å². The van der Waals surface area contributed by atoms with E-state index in [1.807, 2.05) is 13.8 Å². The van der Waals surface area contributed by atoms with E-state index in [4.69, 9.17) is 23.7 Å². The van der Waals surface area contributed by atoms with Crippen LogP contribution >= 0.6 is 0 Å². The minimum atomic E-state index is -0.524. The second-order valence-electron chi connectivity index (χ2n) is 7.24. The Morgan fingerprint density at radius 3 is 2.11 bits per heavy atom. The van der Waals surface area contributed by atoms with Gasteiger partial charge in [-0.2, -0.15) is 5.10 Å². The van der Waals surface area contributed by atoms with Crippen molar-refractivity contribution in [3.05, 3.63) is 77.9 Å². The highest BCUT2D eigenvalue weighted by atomic mass is 16.6. The Morgan fingerprint density at radius 1 is 0.806 bits per heavy atom. The van der Waals surface area contributed by atoms with Crippen molar-refractivity contribution in [2.45, 2.75) is 13.8 Å². The van der Waals surface area contributed by atoms with Crippen LogP contribution in [-0.2, 0) is 4.79 Å². The smallest absolute Gasteiger partial charge is 0.343 e. The fourth-order valence-corrected chi connectivity index (χ4v) is 3.00. The molecular weight excluding hydrogens is 464 g/mol. The molecular formula is C27H28N2O7. The maximum absolute atomic E-state index is 12.6. The third-order valence-electron chi connectivity index (χ3n) is 4.70. The molecule has 188 valence electrons. The second kappa shape index (κ2) is 13.4. The maximum atomic E-state index is 12.6. The molecule has 0 bridgehead atoms. The third kappa shape index (κ3) is 7.76. The second-order valence-corrected chi connectivity index (χ2v) is 7.24. The highest BCUT2D eigenvalue weighted by Crippen LogP contribution is 2.29. The van der Waals surface area contributed by atoms with Crippen molar-refractivity contribution in [3.8, 4) is 28.7 Å². The Bertz CT molecular complexity index is 1180. The summed E-state index contributed by atoms with van der Waals surface area (Å²) in [4.78, 5) is 24.6. The van der Waals surface area contributed by atoms with E-state index in [1.165, 1.54) is 6.21 Å². The monoisotopic (exact) mass is 492 g/mol. The largest absolute Gasteiger partial charge is 0.497 e. The van der Waals surface area contributed by atoms with Gasteiger partial charge < -0.3 is 23.7 Å². The number of amides is 1. The van der Waals surface area contributed by atoms with Crippen LogP contribution in [0.25, 0.3) is 0 Å². The van der Waals surface area contributed by atoms with E-state index in [1.54, 1.807) is 73.8 Å².